The van der Waals surface area contributed by atoms with Gasteiger partial charge in [-0.05, 0) is 0 Å². The van der Waals surface area contributed by atoms with Gasteiger partial charge in [-0.15, -0.1) is 0 Å². The Hall–Kier alpha value is -0.120. The van der Waals surface area contributed by atoms with Crippen molar-refractivity contribution in [3.63, 3.8) is 0 Å². The predicted octanol–water partition coefficient (Wildman–Crippen LogP) is -2.49. The molecule has 1 fully saturated rings. The van der Waals surface area contributed by atoms with Gasteiger partial charge in [0.15, 0.2) is 0 Å². The SMILES string of the molecule is OC[C@@H]1CNCC[NH2+]1. The van der Waals surface area contributed by atoms with E-state index < -0.39 is 0 Å². The minimum atomic E-state index is 0.299. The molecule has 0 amide bonds. The first-order chi connectivity index (χ1) is 3.93. The molecule has 1 aliphatic heterocycles. The summed E-state index contributed by atoms with van der Waals surface area (Å²) in [6, 6.07) is 0.406. The van der Waals surface area contributed by atoms with Crippen molar-refractivity contribution in [2.24, 2.45) is 0 Å². The molecule has 4 N–H and O–H groups in total. The summed E-state index contributed by atoms with van der Waals surface area (Å²) in [6.07, 6.45) is 0. The number of hydrogen-bond donors (Lipinski definition) is 3. The van der Waals surface area contributed by atoms with Crippen LogP contribution in [0.2, 0.25) is 0 Å². The van der Waals surface area contributed by atoms with Crippen LogP contribution in [0, 0.1) is 0 Å². The van der Waals surface area contributed by atoms with Crippen molar-refractivity contribution in [3.05, 3.63) is 0 Å². The fourth-order valence-corrected chi connectivity index (χ4v) is 0.931. The number of nitrogens with two attached hydrogens (primary N) is 1. The number of aliphatic hydroxyl groups is 1. The van der Waals surface area contributed by atoms with Crippen molar-refractivity contribution in [3.8, 4) is 0 Å². The first-order valence-corrected chi connectivity index (χ1v) is 3.08. The summed E-state index contributed by atoms with van der Waals surface area (Å²) in [6.45, 7) is 3.44. The molecule has 0 spiro atoms. The topological polar surface area (TPSA) is 48.9 Å². The Morgan fingerprint density at radius 3 is 3.00 bits per heavy atom. The molecule has 0 aromatic rings. The molecule has 3 nitrogen and oxygen atoms in total. The molecule has 1 saturated heterocycles. The standard InChI is InChI=1S/C5H12N2O/c8-4-5-3-6-1-2-7-5/h5-8H,1-4H2/p+1/t5-/m0/s1. The number of hydrogen-bond acceptors (Lipinski definition) is 2. The molecular formula is C5H13N2O+. The second-order valence-electron chi connectivity index (χ2n) is 2.17. The number of quaternary nitrogens is 1. The van der Waals surface area contributed by atoms with Crippen LogP contribution in [0.5, 0.6) is 0 Å². The zero-order valence-electron chi connectivity index (χ0n) is 4.93. The van der Waals surface area contributed by atoms with Gasteiger partial charge in [0.05, 0.1) is 19.7 Å². The third-order valence-corrected chi connectivity index (χ3v) is 1.46. The third-order valence-electron chi connectivity index (χ3n) is 1.46. The number of rotatable bonds is 1. The van der Waals surface area contributed by atoms with Crippen LogP contribution in [-0.2, 0) is 0 Å². The summed E-state index contributed by atoms with van der Waals surface area (Å²) in [5.74, 6) is 0. The highest BCUT2D eigenvalue weighted by Crippen LogP contribution is 1.72. The van der Waals surface area contributed by atoms with Gasteiger partial charge >= 0.3 is 0 Å². The van der Waals surface area contributed by atoms with Crippen molar-refractivity contribution in [2.75, 3.05) is 26.2 Å². The fourth-order valence-electron chi connectivity index (χ4n) is 0.931. The van der Waals surface area contributed by atoms with Gasteiger partial charge in [-0.2, -0.15) is 0 Å². The molecule has 8 heavy (non-hydrogen) atoms. The predicted molar refractivity (Wildman–Crippen MR) is 30.5 cm³/mol. The lowest BCUT2D eigenvalue weighted by atomic mass is 10.2. The largest absolute Gasteiger partial charge is 0.390 e. The second-order valence-corrected chi connectivity index (χ2v) is 2.17. The maximum Gasteiger partial charge on any atom is 0.122 e. The number of nitrogens with one attached hydrogen (secondary N) is 1. The van der Waals surface area contributed by atoms with Crippen molar-refractivity contribution in [2.45, 2.75) is 6.04 Å². The maximum absolute atomic E-state index is 8.62. The van der Waals surface area contributed by atoms with Crippen LogP contribution < -0.4 is 10.6 Å². The van der Waals surface area contributed by atoms with Crippen molar-refractivity contribution < 1.29 is 10.4 Å². The highest BCUT2D eigenvalue weighted by molar-refractivity contribution is 4.59. The molecule has 0 aromatic heterocycles. The molecule has 1 heterocycles. The van der Waals surface area contributed by atoms with E-state index in [1.807, 2.05) is 0 Å². The molecule has 48 valence electrons. The second kappa shape index (κ2) is 3.02. The summed E-state index contributed by atoms with van der Waals surface area (Å²) < 4.78 is 0. The molecule has 0 saturated carbocycles. The summed E-state index contributed by atoms with van der Waals surface area (Å²) in [7, 11) is 0. The van der Waals surface area contributed by atoms with E-state index >= 15 is 0 Å². The zero-order valence-corrected chi connectivity index (χ0v) is 4.93. The van der Waals surface area contributed by atoms with Crippen LogP contribution >= 0.6 is 0 Å². The Labute approximate surface area is 49.1 Å². The van der Waals surface area contributed by atoms with Gasteiger partial charge in [-0.1, -0.05) is 0 Å². The maximum atomic E-state index is 8.62. The molecule has 0 unspecified atom stereocenters. The Balaban J connectivity index is 2.13. The Kier molecular flexibility index (Phi) is 2.27. The van der Waals surface area contributed by atoms with Gasteiger partial charge < -0.3 is 15.7 Å². The van der Waals surface area contributed by atoms with E-state index in [1.54, 1.807) is 0 Å². The van der Waals surface area contributed by atoms with Crippen molar-refractivity contribution in [1.82, 2.24) is 5.32 Å². The average molecular weight is 117 g/mol. The summed E-state index contributed by atoms with van der Waals surface area (Å²) in [5.41, 5.74) is 0. The Morgan fingerprint density at radius 2 is 2.62 bits per heavy atom. The van der Waals surface area contributed by atoms with E-state index in [9.17, 15) is 0 Å². The first-order valence-electron chi connectivity index (χ1n) is 3.08. The van der Waals surface area contributed by atoms with E-state index in [0.29, 0.717) is 12.6 Å². The molecule has 1 aliphatic rings. The van der Waals surface area contributed by atoms with Crippen LogP contribution in [0.3, 0.4) is 0 Å². The van der Waals surface area contributed by atoms with E-state index in [4.69, 9.17) is 5.11 Å². The molecule has 0 aliphatic carbocycles. The lowest BCUT2D eigenvalue weighted by Crippen LogP contribution is -2.96. The average Bonchev–Trinajstić information content (AvgIpc) is 1.90. The number of piperazine rings is 1. The lowest BCUT2D eigenvalue weighted by molar-refractivity contribution is -0.694. The van der Waals surface area contributed by atoms with Crippen molar-refractivity contribution in [1.29, 1.82) is 0 Å². The quantitative estimate of drug-likeness (QED) is 0.356. The number of aliphatic hydroxyl groups excluding tert-OH is 1. The van der Waals surface area contributed by atoms with Crippen LogP contribution in [0.1, 0.15) is 0 Å². The van der Waals surface area contributed by atoms with E-state index in [2.05, 4.69) is 10.6 Å². The minimum absolute atomic E-state index is 0.299. The molecule has 1 atom stereocenters. The fraction of sp³-hybridized carbons (Fsp3) is 1.00. The first kappa shape index (κ1) is 6.01. The van der Waals surface area contributed by atoms with E-state index in [1.165, 1.54) is 0 Å². The van der Waals surface area contributed by atoms with Gasteiger partial charge in [0.1, 0.15) is 6.04 Å². The molecule has 0 aromatic carbocycles. The van der Waals surface area contributed by atoms with Crippen LogP contribution in [-0.4, -0.2) is 37.4 Å². The smallest absolute Gasteiger partial charge is 0.122 e. The van der Waals surface area contributed by atoms with Crippen molar-refractivity contribution >= 4 is 0 Å². The highest BCUT2D eigenvalue weighted by Gasteiger charge is 2.12. The molecule has 0 radical (unpaired) electrons. The normalized spacial score (nSPS) is 30.4. The zero-order chi connectivity index (χ0) is 5.82. The monoisotopic (exact) mass is 117 g/mol. The van der Waals surface area contributed by atoms with Gasteiger partial charge in [0.25, 0.3) is 0 Å². The van der Waals surface area contributed by atoms with E-state index in [0.717, 1.165) is 19.6 Å². The summed E-state index contributed by atoms with van der Waals surface area (Å²) in [5, 5.41) is 14.0. The van der Waals surface area contributed by atoms with Crippen LogP contribution in [0.4, 0.5) is 0 Å². The molecular weight excluding hydrogens is 104 g/mol. The Morgan fingerprint density at radius 1 is 1.75 bits per heavy atom. The van der Waals surface area contributed by atoms with Crippen LogP contribution in [0.15, 0.2) is 0 Å². The summed E-state index contributed by atoms with van der Waals surface area (Å²) >= 11 is 0. The van der Waals surface area contributed by atoms with Crippen LogP contribution in [0.25, 0.3) is 0 Å². The van der Waals surface area contributed by atoms with Gasteiger partial charge in [-0.25, -0.2) is 0 Å². The molecule has 1 rings (SSSR count). The van der Waals surface area contributed by atoms with Gasteiger partial charge in [0.2, 0.25) is 0 Å². The Bertz CT molecular complexity index is 61.4. The highest BCUT2D eigenvalue weighted by atomic mass is 16.3. The van der Waals surface area contributed by atoms with Gasteiger partial charge in [0, 0.05) is 6.54 Å². The molecule has 3 heteroatoms. The van der Waals surface area contributed by atoms with Gasteiger partial charge in [-0.3, -0.25) is 0 Å². The summed E-state index contributed by atoms with van der Waals surface area (Å²) in [4.78, 5) is 0. The lowest BCUT2D eigenvalue weighted by Gasteiger charge is -2.18. The third kappa shape index (κ3) is 1.43. The van der Waals surface area contributed by atoms with E-state index in [-0.39, 0.29) is 0 Å². The minimum Gasteiger partial charge on any atom is -0.390 e. The molecule has 0 bridgehead atoms.